The van der Waals surface area contributed by atoms with Gasteiger partial charge in [0.1, 0.15) is 18.8 Å². The molecule has 1 aliphatic heterocycles. The molecule has 0 N–H and O–H groups in total. The van der Waals surface area contributed by atoms with Gasteiger partial charge in [-0.15, -0.1) is 6.58 Å². The summed E-state index contributed by atoms with van der Waals surface area (Å²) in [6.07, 6.45) is 5.21. The van der Waals surface area contributed by atoms with Crippen molar-refractivity contribution in [1.29, 1.82) is 0 Å². The SMILES string of the molecule is C=CCCCO[C@@H]1C=C[C@H](OC(C)=O)[C@@H](COC(C)=O)O1. The van der Waals surface area contributed by atoms with Crippen LogP contribution in [0.2, 0.25) is 0 Å². The van der Waals surface area contributed by atoms with Gasteiger partial charge in [-0.1, -0.05) is 6.08 Å². The zero-order valence-electron chi connectivity index (χ0n) is 12.4. The number of carbonyl (C=O) groups is 2. The minimum atomic E-state index is -0.588. The first kappa shape index (κ1) is 17.4. The monoisotopic (exact) mass is 298 g/mol. The van der Waals surface area contributed by atoms with Crippen molar-refractivity contribution in [2.45, 2.75) is 45.2 Å². The van der Waals surface area contributed by atoms with Gasteiger partial charge in [-0.2, -0.15) is 0 Å². The maximum Gasteiger partial charge on any atom is 0.303 e. The molecule has 0 aromatic carbocycles. The van der Waals surface area contributed by atoms with Gasteiger partial charge < -0.3 is 18.9 Å². The normalized spacial score (nSPS) is 24.4. The smallest absolute Gasteiger partial charge is 0.303 e. The van der Waals surface area contributed by atoms with Gasteiger partial charge in [0.2, 0.25) is 0 Å². The highest BCUT2D eigenvalue weighted by Gasteiger charge is 2.30. The zero-order chi connectivity index (χ0) is 15.7. The lowest BCUT2D eigenvalue weighted by atomic mass is 10.1. The van der Waals surface area contributed by atoms with Gasteiger partial charge in [-0.05, 0) is 25.0 Å². The molecule has 0 aromatic rings. The van der Waals surface area contributed by atoms with Gasteiger partial charge in [0.05, 0.1) is 6.61 Å². The lowest BCUT2D eigenvalue weighted by Gasteiger charge is -2.31. The fourth-order valence-electron chi connectivity index (χ4n) is 1.78. The highest BCUT2D eigenvalue weighted by molar-refractivity contribution is 5.66. The van der Waals surface area contributed by atoms with Gasteiger partial charge in [0.25, 0.3) is 0 Å². The summed E-state index contributed by atoms with van der Waals surface area (Å²) in [5.41, 5.74) is 0. The van der Waals surface area contributed by atoms with Crippen LogP contribution >= 0.6 is 0 Å². The highest BCUT2D eigenvalue weighted by atomic mass is 16.7. The molecule has 3 atom stereocenters. The van der Waals surface area contributed by atoms with Crippen molar-refractivity contribution in [3.8, 4) is 0 Å². The fourth-order valence-corrected chi connectivity index (χ4v) is 1.78. The van der Waals surface area contributed by atoms with E-state index in [1.54, 1.807) is 12.2 Å². The summed E-state index contributed by atoms with van der Waals surface area (Å²) in [6.45, 7) is 6.79. The van der Waals surface area contributed by atoms with Crippen LogP contribution in [0.25, 0.3) is 0 Å². The van der Waals surface area contributed by atoms with Crippen LogP contribution in [-0.2, 0) is 28.5 Å². The number of hydrogen-bond acceptors (Lipinski definition) is 6. The molecule has 0 bridgehead atoms. The summed E-state index contributed by atoms with van der Waals surface area (Å²) in [5, 5.41) is 0. The number of carbonyl (C=O) groups excluding carboxylic acids is 2. The van der Waals surface area contributed by atoms with E-state index in [1.165, 1.54) is 13.8 Å². The minimum Gasteiger partial charge on any atom is -0.463 e. The number of rotatable bonds is 8. The first-order chi connectivity index (χ1) is 10.0. The average molecular weight is 298 g/mol. The largest absolute Gasteiger partial charge is 0.463 e. The van der Waals surface area contributed by atoms with Crippen molar-refractivity contribution < 1.29 is 28.5 Å². The van der Waals surface area contributed by atoms with Gasteiger partial charge >= 0.3 is 11.9 Å². The summed E-state index contributed by atoms with van der Waals surface area (Å²) < 4.78 is 21.2. The quantitative estimate of drug-likeness (QED) is 0.386. The molecule has 6 nitrogen and oxygen atoms in total. The maximum atomic E-state index is 11.1. The molecule has 1 aliphatic rings. The fraction of sp³-hybridized carbons (Fsp3) is 0.600. The first-order valence-corrected chi connectivity index (χ1v) is 6.89. The summed E-state index contributed by atoms with van der Waals surface area (Å²) >= 11 is 0. The van der Waals surface area contributed by atoms with E-state index in [1.807, 2.05) is 6.08 Å². The zero-order valence-corrected chi connectivity index (χ0v) is 12.4. The van der Waals surface area contributed by atoms with Crippen LogP contribution in [0, 0.1) is 0 Å². The molecule has 0 unspecified atom stereocenters. The van der Waals surface area contributed by atoms with E-state index in [9.17, 15) is 9.59 Å². The summed E-state index contributed by atoms with van der Waals surface area (Å²) in [7, 11) is 0. The molecule has 6 heteroatoms. The van der Waals surface area contributed by atoms with E-state index in [4.69, 9.17) is 18.9 Å². The molecular weight excluding hydrogens is 276 g/mol. The number of allylic oxidation sites excluding steroid dienone is 1. The van der Waals surface area contributed by atoms with Gasteiger partial charge in [-0.25, -0.2) is 0 Å². The Kier molecular flexibility index (Phi) is 7.71. The Morgan fingerprint density at radius 3 is 2.67 bits per heavy atom. The number of unbranched alkanes of at least 4 members (excludes halogenated alkanes) is 1. The van der Waals surface area contributed by atoms with E-state index >= 15 is 0 Å². The highest BCUT2D eigenvalue weighted by Crippen LogP contribution is 2.18. The van der Waals surface area contributed by atoms with Crippen LogP contribution in [0.1, 0.15) is 26.7 Å². The Labute approximate surface area is 124 Å². The molecule has 0 radical (unpaired) electrons. The lowest BCUT2D eigenvalue weighted by Crippen LogP contribution is -2.42. The summed E-state index contributed by atoms with van der Waals surface area (Å²) in [4.78, 5) is 22.0. The Morgan fingerprint density at radius 1 is 1.29 bits per heavy atom. The molecule has 0 saturated carbocycles. The van der Waals surface area contributed by atoms with Crippen molar-refractivity contribution in [1.82, 2.24) is 0 Å². The second kappa shape index (κ2) is 9.31. The second-order valence-electron chi connectivity index (χ2n) is 4.61. The van der Waals surface area contributed by atoms with Crippen LogP contribution in [0.4, 0.5) is 0 Å². The van der Waals surface area contributed by atoms with E-state index in [-0.39, 0.29) is 6.61 Å². The van der Waals surface area contributed by atoms with Gasteiger partial charge in [0.15, 0.2) is 6.29 Å². The molecule has 1 heterocycles. The van der Waals surface area contributed by atoms with Crippen LogP contribution in [-0.4, -0.2) is 43.7 Å². The number of ether oxygens (including phenoxy) is 4. The molecule has 21 heavy (non-hydrogen) atoms. The van der Waals surface area contributed by atoms with Crippen molar-refractivity contribution in [3.05, 3.63) is 24.8 Å². The third-order valence-corrected chi connectivity index (χ3v) is 2.72. The first-order valence-electron chi connectivity index (χ1n) is 6.89. The third-order valence-electron chi connectivity index (χ3n) is 2.72. The van der Waals surface area contributed by atoms with Crippen molar-refractivity contribution in [3.63, 3.8) is 0 Å². The van der Waals surface area contributed by atoms with E-state index < -0.39 is 30.4 Å². The van der Waals surface area contributed by atoms with Crippen LogP contribution in [0.15, 0.2) is 24.8 Å². The maximum absolute atomic E-state index is 11.1. The topological polar surface area (TPSA) is 71.1 Å². The van der Waals surface area contributed by atoms with Gasteiger partial charge in [-0.3, -0.25) is 9.59 Å². The third kappa shape index (κ3) is 7.06. The molecule has 0 aliphatic carbocycles. The Morgan fingerprint density at radius 2 is 2.05 bits per heavy atom. The Balaban J connectivity index is 2.53. The number of hydrogen-bond donors (Lipinski definition) is 0. The Bertz CT molecular complexity index is 390. The molecule has 1 rings (SSSR count). The average Bonchev–Trinajstić information content (AvgIpc) is 2.42. The van der Waals surface area contributed by atoms with Gasteiger partial charge in [0, 0.05) is 13.8 Å². The Hall–Kier alpha value is -1.66. The number of esters is 2. The molecule has 0 amide bonds. The van der Waals surface area contributed by atoms with Crippen LogP contribution in [0.5, 0.6) is 0 Å². The van der Waals surface area contributed by atoms with Crippen molar-refractivity contribution >= 4 is 11.9 Å². The molecule has 0 saturated heterocycles. The van der Waals surface area contributed by atoms with Crippen LogP contribution in [0.3, 0.4) is 0 Å². The predicted octanol–water partition coefficient (Wildman–Crippen LogP) is 1.75. The standard InChI is InChI=1S/C15H22O6/c1-4-5-6-9-18-15-8-7-13(20-12(3)17)14(21-15)10-19-11(2)16/h4,7-8,13-15H,1,5-6,9-10H2,2-3H3/t13-,14+,15-/m0/s1. The second-order valence-corrected chi connectivity index (χ2v) is 4.61. The van der Waals surface area contributed by atoms with Crippen LogP contribution < -0.4 is 0 Å². The predicted molar refractivity (Wildman–Crippen MR) is 75.4 cm³/mol. The molecular formula is C15H22O6. The molecule has 118 valence electrons. The molecule has 0 spiro atoms. The molecule has 0 aromatic heterocycles. The lowest BCUT2D eigenvalue weighted by molar-refractivity contribution is -0.197. The van der Waals surface area contributed by atoms with Crippen molar-refractivity contribution in [2.75, 3.05) is 13.2 Å². The summed E-state index contributed by atoms with van der Waals surface area (Å²) in [5.74, 6) is -0.843. The summed E-state index contributed by atoms with van der Waals surface area (Å²) in [6, 6.07) is 0. The van der Waals surface area contributed by atoms with Crippen molar-refractivity contribution in [2.24, 2.45) is 0 Å². The van der Waals surface area contributed by atoms with E-state index in [0.29, 0.717) is 6.61 Å². The minimum absolute atomic E-state index is 0.00410. The van der Waals surface area contributed by atoms with E-state index in [0.717, 1.165) is 12.8 Å². The van der Waals surface area contributed by atoms with E-state index in [2.05, 4.69) is 6.58 Å². The molecule has 0 fully saturated rings.